The van der Waals surface area contributed by atoms with Crippen LogP contribution < -0.4 is 11.5 Å². The summed E-state index contributed by atoms with van der Waals surface area (Å²) in [6.07, 6.45) is 5.69. The Morgan fingerprint density at radius 3 is 2.89 bits per heavy atom. The van der Waals surface area contributed by atoms with Crippen molar-refractivity contribution in [3.63, 3.8) is 0 Å². The second-order valence-corrected chi connectivity index (χ2v) is 3.87. The van der Waals surface area contributed by atoms with Crippen molar-refractivity contribution in [2.24, 2.45) is 21.5 Å². The third-order valence-corrected chi connectivity index (χ3v) is 2.30. The van der Waals surface area contributed by atoms with Gasteiger partial charge in [0.15, 0.2) is 5.96 Å². The van der Waals surface area contributed by atoms with Crippen molar-refractivity contribution >= 4 is 18.1 Å². The van der Waals surface area contributed by atoms with Crippen LogP contribution in [0.3, 0.4) is 0 Å². The van der Waals surface area contributed by atoms with E-state index in [2.05, 4.69) is 15.0 Å². The van der Waals surface area contributed by atoms with Crippen LogP contribution in [0.15, 0.2) is 34.5 Å². The first kappa shape index (κ1) is 14.6. The summed E-state index contributed by atoms with van der Waals surface area (Å²) < 4.78 is 0. The molecule has 7 heteroatoms. The van der Waals surface area contributed by atoms with Crippen molar-refractivity contribution in [1.29, 1.82) is 0 Å². The van der Waals surface area contributed by atoms with Crippen LogP contribution >= 0.6 is 0 Å². The Bertz CT molecular complexity index is 454. The molecule has 0 aliphatic heterocycles. The molecule has 1 rings (SSSR count). The third kappa shape index (κ3) is 6.16. The van der Waals surface area contributed by atoms with Crippen LogP contribution in [-0.4, -0.2) is 40.8 Å². The molecule has 19 heavy (non-hydrogen) atoms. The summed E-state index contributed by atoms with van der Waals surface area (Å²) in [6.45, 7) is 0.397. The summed E-state index contributed by atoms with van der Waals surface area (Å²) in [5.41, 5.74) is 11.1. The lowest BCUT2D eigenvalue weighted by Gasteiger charge is -2.05. The van der Waals surface area contributed by atoms with Crippen LogP contribution in [0, 0.1) is 0 Å². The van der Waals surface area contributed by atoms with E-state index in [1.165, 1.54) is 6.21 Å². The summed E-state index contributed by atoms with van der Waals surface area (Å²) >= 11 is 0. The topological polar surface area (TPSA) is 127 Å². The van der Waals surface area contributed by atoms with Crippen molar-refractivity contribution < 1.29 is 9.90 Å². The number of guanidine groups is 1. The Morgan fingerprint density at radius 1 is 1.53 bits per heavy atom. The van der Waals surface area contributed by atoms with Crippen LogP contribution in [-0.2, 0) is 4.79 Å². The molecule has 1 heterocycles. The summed E-state index contributed by atoms with van der Waals surface area (Å²) in [4.78, 5) is 22.8. The maximum Gasteiger partial charge on any atom is 0.328 e. The van der Waals surface area contributed by atoms with Gasteiger partial charge in [-0.15, -0.1) is 0 Å². The minimum Gasteiger partial charge on any atom is -0.480 e. The number of nitrogens with zero attached hydrogens (tertiary/aromatic N) is 3. The Hall–Kier alpha value is -2.44. The van der Waals surface area contributed by atoms with E-state index in [0.29, 0.717) is 19.4 Å². The molecular weight excluding hydrogens is 246 g/mol. The van der Waals surface area contributed by atoms with Crippen LogP contribution in [0.5, 0.6) is 0 Å². The predicted molar refractivity (Wildman–Crippen MR) is 73.2 cm³/mol. The molecule has 0 saturated carbocycles. The highest BCUT2D eigenvalue weighted by molar-refractivity contribution is 5.83. The highest BCUT2D eigenvalue weighted by Gasteiger charge is 2.14. The Labute approximate surface area is 111 Å². The molecule has 0 bridgehead atoms. The number of aliphatic imine (C=N–C) groups is 2. The highest BCUT2D eigenvalue weighted by atomic mass is 16.4. The number of hydrogen-bond acceptors (Lipinski definition) is 4. The van der Waals surface area contributed by atoms with Gasteiger partial charge in [-0.2, -0.15) is 0 Å². The molecule has 0 aliphatic carbocycles. The van der Waals surface area contributed by atoms with Gasteiger partial charge >= 0.3 is 5.97 Å². The van der Waals surface area contributed by atoms with E-state index in [1.807, 2.05) is 0 Å². The molecule has 0 unspecified atom stereocenters. The van der Waals surface area contributed by atoms with Gasteiger partial charge in [0.1, 0.15) is 6.04 Å². The molecule has 7 nitrogen and oxygen atoms in total. The third-order valence-electron chi connectivity index (χ3n) is 2.30. The average Bonchev–Trinajstić information content (AvgIpc) is 2.38. The number of hydrogen-bond donors (Lipinski definition) is 3. The normalized spacial score (nSPS) is 12.2. The van der Waals surface area contributed by atoms with E-state index in [1.54, 1.807) is 24.5 Å². The van der Waals surface area contributed by atoms with Gasteiger partial charge in [-0.1, -0.05) is 6.07 Å². The first-order chi connectivity index (χ1) is 9.09. The lowest BCUT2D eigenvalue weighted by Crippen LogP contribution is -2.23. The van der Waals surface area contributed by atoms with E-state index < -0.39 is 12.0 Å². The first-order valence-electron chi connectivity index (χ1n) is 5.81. The lowest BCUT2D eigenvalue weighted by atomic mass is 10.1. The predicted octanol–water partition coefficient (Wildman–Crippen LogP) is 0.00730. The molecule has 0 saturated heterocycles. The summed E-state index contributed by atoms with van der Waals surface area (Å²) in [5, 5.41) is 9.05. The quantitative estimate of drug-likeness (QED) is 0.362. The Morgan fingerprint density at radius 2 is 2.32 bits per heavy atom. The van der Waals surface area contributed by atoms with Crippen molar-refractivity contribution in [2.45, 2.75) is 18.9 Å². The number of carbonyl (C=O) groups is 1. The monoisotopic (exact) mass is 263 g/mol. The largest absolute Gasteiger partial charge is 0.480 e. The summed E-state index contributed by atoms with van der Waals surface area (Å²) in [7, 11) is 0. The summed E-state index contributed by atoms with van der Waals surface area (Å²) in [5.74, 6) is -0.962. The lowest BCUT2D eigenvalue weighted by molar-refractivity contribution is -0.138. The highest BCUT2D eigenvalue weighted by Crippen LogP contribution is 2.04. The minimum atomic E-state index is -0.968. The van der Waals surface area contributed by atoms with Gasteiger partial charge in [-0.3, -0.25) is 15.0 Å². The Kier molecular flexibility index (Phi) is 6.00. The average molecular weight is 263 g/mol. The Balaban J connectivity index is 2.51. The number of aliphatic carboxylic acids is 1. The standard InChI is InChI=1S/C12H17N5O2/c13-12(14)16-6-2-4-10(11(18)19)17-8-9-3-1-5-15-7-9/h1,3,5,7-8,10H,2,4,6H2,(H,18,19)(H4,13,14,16)/t10-/m0/s1. The zero-order valence-corrected chi connectivity index (χ0v) is 10.4. The number of carboxylic acids is 1. The maximum absolute atomic E-state index is 11.0. The van der Waals surface area contributed by atoms with Gasteiger partial charge < -0.3 is 16.6 Å². The molecule has 0 aromatic carbocycles. The fourth-order valence-electron chi connectivity index (χ4n) is 1.38. The SMILES string of the molecule is NC(N)=NCCC[C@H](N=Cc1cccnc1)C(=O)O. The summed E-state index contributed by atoms with van der Waals surface area (Å²) in [6, 6.07) is 2.76. The second kappa shape index (κ2) is 7.80. The molecule has 1 aromatic rings. The number of pyridine rings is 1. The smallest absolute Gasteiger partial charge is 0.328 e. The number of rotatable bonds is 7. The first-order valence-corrected chi connectivity index (χ1v) is 5.81. The molecule has 0 spiro atoms. The van der Waals surface area contributed by atoms with E-state index in [0.717, 1.165) is 5.56 Å². The zero-order valence-electron chi connectivity index (χ0n) is 10.4. The van der Waals surface area contributed by atoms with E-state index in [9.17, 15) is 4.79 Å². The molecule has 5 N–H and O–H groups in total. The number of nitrogens with two attached hydrogens (primary N) is 2. The number of carboxylic acid groups (broad SMARTS) is 1. The molecule has 1 atom stereocenters. The molecule has 102 valence electrons. The van der Waals surface area contributed by atoms with Gasteiger partial charge in [-0.25, -0.2) is 4.79 Å². The van der Waals surface area contributed by atoms with Gasteiger partial charge in [-0.05, 0) is 18.9 Å². The van der Waals surface area contributed by atoms with Gasteiger partial charge in [0.2, 0.25) is 0 Å². The second-order valence-electron chi connectivity index (χ2n) is 3.87. The molecule has 0 amide bonds. The fourth-order valence-corrected chi connectivity index (χ4v) is 1.38. The van der Waals surface area contributed by atoms with Crippen LogP contribution in [0.2, 0.25) is 0 Å². The van der Waals surface area contributed by atoms with Gasteiger partial charge in [0.25, 0.3) is 0 Å². The van der Waals surface area contributed by atoms with Crippen LogP contribution in [0.1, 0.15) is 18.4 Å². The minimum absolute atomic E-state index is 0.00531. The molecule has 1 aromatic heterocycles. The van der Waals surface area contributed by atoms with E-state index >= 15 is 0 Å². The number of aromatic nitrogens is 1. The van der Waals surface area contributed by atoms with Crippen LogP contribution in [0.25, 0.3) is 0 Å². The van der Waals surface area contributed by atoms with Crippen molar-refractivity contribution in [1.82, 2.24) is 4.98 Å². The fraction of sp³-hybridized carbons (Fsp3) is 0.333. The van der Waals surface area contributed by atoms with Crippen molar-refractivity contribution in [3.8, 4) is 0 Å². The van der Waals surface area contributed by atoms with E-state index in [4.69, 9.17) is 16.6 Å². The molecule has 0 radical (unpaired) electrons. The molecular formula is C12H17N5O2. The molecule has 0 aliphatic rings. The van der Waals surface area contributed by atoms with Crippen LogP contribution in [0.4, 0.5) is 0 Å². The maximum atomic E-state index is 11.0. The van der Waals surface area contributed by atoms with Gasteiger partial charge in [0.05, 0.1) is 0 Å². The van der Waals surface area contributed by atoms with Crippen molar-refractivity contribution in [2.75, 3.05) is 6.54 Å². The zero-order chi connectivity index (χ0) is 14.1. The van der Waals surface area contributed by atoms with Gasteiger partial charge in [0, 0.05) is 30.7 Å². The van der Waals surface area contributed by atoms with E-state index in [-0.39, 0.29) is 5.96 Å². The van der Waals surface area contributed by atoms with Crippen molar-refractivity contribution in [3.05, 3.63) is 30.1 Å². The molecule has 0 fully saturated rings.